The smallest absolute Gasteiger partial charge is 0.315 e. The van der Waals surface area contributed by atoms with E-state index in [0.717, 1.165) is 13.0 Å². The van der Waals surface area contributed by atoms with Crippen molar-refractivity contribution in [3.05, 3.63) is 29.6 Å². The molecule has 1 aromatic rings. The van der Waals surface area contributed by atoms with E-state index in [9.17, 15) is 9.18 Å². The molecule has 1 aromatic carbocycles. The van der Waals surface area contributed by atoms with Crippen LogP contribution >= 0.6 is 0 Å². The minimum absolute atomic E-state index is 0.191. The quantitative estimate of drug-likeness (QED) is 0.837. The van der Waals surface area contributed by atoms with Crippen LogP contribution in [0.25, 0.3) is 0 Å². The lowest BCUT2D eigenvalue weighted by Gasteiger charge is -2.23. The van der Waals surface area contributed by atoms with Crippen LogP contribution in [-0.4, -0.2) is 32.4 Å². The summed E-state index contributed by atoms with van der Waals surface area (Å²) in [5, 5.41) is 5.73. The number of hydrogen-bond donors (Lipinski definition) is 2. The Balaban J connectivity index is 1.84. The van der Waals surface area contributed by atoms with Crippen molar-refractivity contribution in [2.75, 3.05) is 20.3 Å². The molecule has 3 atom stereocenters. The summed E-state index contributed by atoms with van der Waals surface area (Å²) in [4.78, 5) is 12.1. The van der Waals surface area contributed by atoms with Gasteiger partial charge in [-0.1, -0.05) is 19.9 Å². The Morgan fingerprint density at radius 3 is 2.79 bits per heavy atom. The van der Waals surface area contributed by atoms with Gasteiger partial charge in [-0.3, -0.25) is 0 Å². The molecule has 2 N–H and O–H groups in total. The second kappa shape index (κ2) is 8.33. The minimum atomic E-state index is -0.438. The van der Waals surface area contributed by atoms with E-state index in [1.54, 1.807) is 12.1 Å². The fourth-order valence-corrected chi connectivity index (χ4v) is 3.12. The number of nitrogens with one attached hydrogen (secondary N) is 2. The van der Waals surface area contributed by atoms with Crippen LogP contribution in [0.15, 0.2) is 18.2 Å². The molecule has 0 aliphatic carbocycles. The summed E-state index contributed by atoms with van der Waals surface area (Å²) in [6, 6.07) is 4.12. The molecule has 1 fully saturated rings. The van der Waals surface area contributed by atoms with Crippen LogP contribution in [0.5, 0.6) is 5.75 Å². The normalized spacial score (nSPS) is 21.6. The van der Waals surface area contributed by atoms with Gasteiger partial charge in [-0.15, -0.1) is 0 Å². The average Bonchev–Trinajstić information content (AvgIpc) is 3.01. The van der Waals surface area contributed by atoms with Crippen molar-refractivity contribution in [2.24, 2.45) is 11.8 Å². The number of hydrogen-bond acceptors (Lipinski definition) is 3. The first-order valence-electron chi connectivity index (χ1n) is 8.41. The lowest BCUT2D eigenvalue weighted by molar-refractivity contribution is 0.0545. The molecule has 1 aliphatic rings. The van der Waals surface area contributed by atoms with Gasteiger partial charge in [-0.05, 0) is 37.0 Å². The monoisotopic (exact) mass is 338 g/mol. The van der Waals surface area contributed by atoms with Gasteiger partial charge in [0, 0.05) is 19.1 Å². The van der Waals surface area contributed by atoms with Gasteiger partial charge in [0.05, 0.1) is 19.3 Å². The number of methoxy groups -OCH3 is 1. The molecule has 134 valence electrons. The summed E-state index contributed by atoms with van der Waals surface area (Å²) in [6.45, 7) is 7.40. The van der Waals surface area contributed by atoms with Gasteiger partial charge in [-0.2, -0.15) is 0 Å². The molecule has 1 heterocycles. The molecule has 24 heavy (non-hydrogen) atoms. The van der Waals surface area contributed by atoms with Gasteiger partial charge in [-0.25, -0.2) is 9.18 Å². The number of halogens is 1. The highest BCUT2D eigenvalue weighted by molar-refractivity contribution is 5.74. The third-order valence-electron chi connectivity index (χ3n) is 4.47. The Morgan fingerprint density at radius 1 is 1.42 bits per heavy atom. The molecule has 0 spiro atoms. The zero-order chi connectivity index (χ0) is 17.7. The zero-order valence-corrected chi connectivity index (χ0v) is 14.8. The average molecular weight is 338 g/mol. The van der Waals surface area contributed by atoms with Crippen molar-refractivity contribution in [3.63, 3.8) is 0 Å². The molecule has 2 amide bonds. The SMILES string of the molecule is COc1ccc([C@@H](C)NC(=O)NC[C@@H]2CCO[C@@H]2C(C)C)cc1F. The van der Waals surface area contributed by atoms with Crippen molar-refractivity contribution in [2.45, 2.75) is 39.3 Å². The van der Waals surface area contributed by atoms with Crippen LogP contribution in [0.4, 0.5) is 9.18 Å². The summed E-state index contributed by atoms with van der Waals surface area (Å²) >= 11 is 0. The molecule has 0 unspecified atom stereocenters. The zero-order valence-electron chi connectivity index (χ0n) is 14.8. The van der Waals surface area contributed by atoms with Crippen molar-refractivity contribution in [3.8, 4) is 5.75 Å². The van der Waals surface area contributed by atoms with Crippen molar-refractivity contribution in [1.82, 2.24) is 10.6 Å². The van der Waals surface area contributed by atoms with Crippen LogP contribution in [0.2, 0.25) is 0 Å². The van der Waals surface area contributed by atoms with Crippen LogP contribution in [0, 0.1) is 17.7 Å². The number of urea groups is 1. The largest absolute Gasteiger partial charge is 0.494 e. The molecular formula is C18H27FN2O3. The van der Waals surface area contributed by atoms with Gasteiger partial charge in [0.1, 0.15) is 0 Å². The van der Waals surface area contributed by atoms with E-state index in [1.165, 1.54) is 13.2 Å². The summed E-state index contributed by atoms with van der Waals surface area (Å²) in [6.07, 6.45) is 1.15. The number of amides is 2. The van der Waals surface area contributed by atoms with Crippen LogP contribution in [0.3, 0.4) is 0 Å². The molecule has 1 aliphatic heterocycles. The third-order valence-corrected chi connectivity index (χ3v) is 4.47. The maximum absolute atomic E-state index is 13.8. The molecule has 0 aromatic heterocycles. The van der Waals surface area contributed by atoms with Crippen LogP contribution < -0.4 is 15.4 Å². The Labute approximate surface area is 142 Å². The van der Waals surface area contributed by atoms with Crippen molar-refractivity contribution < 1.29 is 18.7 Å². The molecule has 0 saturated carbocycles. The van der Waals surface area contributed by atoms with Gasteiger partial charge in [0.2, 0.25) is 0 Å². The van der Waals surface area contributed by atoms with Gasteiger partial charge in [0.15, 0.2) is 11.6 Å². The summed E-state index contributed by atoms with van der Waals surface area (Å²) in [5.74, 6) is 0.524. The van der Waals surface area contributed by atoms with Gasteiger partial charge in [0.25, 0.3) is 0 Å². The fourth-order valence-electron chi connectivity index (χ4n) is 3.12. The number of rotatable bonds is 6. The highest BCUT2D eigenvalue weighted by Crippen LogP contribution is 2.26. The highest BCUT2D eigenvalue weighted by Gasteiger charge is 2.30. The topological polar surface area (TPSA) is 59.6 Å². The second-order valence-electron chi connectivity index (χ2n) is 6.60. The Kier molecular flexibility index (Phi) is 6.43. The minimum Gasteiger partial charge on any atom is -0.494 e. The van der Waals surface area contributed by atoms with E-state index in [-0.39, 0.29) is 23.9 Å². The number of benzene rings is 1. The maximum atomic E-state index is 13.8. The second-order valence-corrected chi connectivity index (χ2v) is 6.60. The van der Waals surface area contributed by atoms with E-state index in [0.29, 0.717) is 23.9 Å². The van der Waals surface area contributed by atoms with E-state index in [4.69, 9.17) is 9.47 Å². The van der Waals surface area contributed by atoms with Crippen molar-refractivity contribution >= 4 is 6.03 Å². The first kappa shape index (κ1) is 18.5. The standard InChI is InChI=1S/C18H27FN2O3/c1-11(2)17-14(7-8-24-17)10-20-18(22)21-12(3)13-5-6-16(23-4)15(19)9-13/h5-6,9,11-12,14,17H,7-8,10H2,1-4H3,(H2,20,21,22)/t12-,14+,17-/m1/s1. The molecule has 1 saturated heterocycles. The summed E-state index contributed by atoms with van der Waals surface area (Å²) in [5.41, 5.74) is 0.688. The molecule has 2 rings (SSSR count). The molecule has 0 bridgehead atoms. The van der Waals surface area contributed by atoms with E-state index in [1.807, 2.05) is 6.92 Å². The summed E-state index contributed by atoms with van der Waals surface area (Å²) in [7, 11) is 1.42. The maximum Gasteiger partial charge on any atom is 0.315 e. The molecule has 0 radical (unpaired) electrons. The lowest BCUT2D eigenvalue weighted by atomic mass is 9.93. The number of carbonyl (C=O) groups is 1. The van der Waals surface area contributed by atoms with E-state index < -0.39 is 5.82 Å². The highest BCUT2D eigenvalue weighted by atomic mass is 19.1. The Hall–Kier alpha value is -1.82. The van der Waals surface area contributed by atoms with Crippen LogP contribution in [0.1, 0.15) is 38.8 Å². The van der Waals surface area contributed by atoms with E-state index in [2.05, 4.69) is 24.5 Å². The summed E-state index contributed by atoms with van der Waals surface area (Å²) < 4.78 is 24.4. The van der Waals surface area contributed by atoms with Gasteiger partial charge < -0.3 is 20.1 Å². The Morgan fingerprint density at radius 2 is 2.17 bits per heavy atom. The van der Waals surface area contributed by atoms with Gasteiger partial charge >= 0.3 is 6.03 Å². The Bertz CT molecular complexity index is 565. The van der Waals surface area contributed by atoms with Crippen molar-refractivity contribution in [1.29, 1.82) is 0 Å². The van der Waals surface area contributed by atoms with Crippen LogP contribution in [-0.2, 0) is 4.74 Å². The predicted molar refractivity (Wildman–Crippen MR) is 90.6 cm³/mol. The first-order chi connectivity index (χ1) is 11.4. The molecule has 5 nitrogen and oxygen atoms in total. The molecular weight excluding hydrogens is 311 g/mol. The number of carbonyl (C=O) groups excluding carboxylic acids is 1. The predicted octanol–water partition coefficient (Wildman–Crippen LogP) is 3.26. The molecule has 6 heteroatoms. The fraction of sp³-hybridized carbons (Fsp3) is 0.611. The third kappa shape index (κ3) is 4.60. The number of ether oxygens (including phenoxy) is 2. The first-order valence-corrected chi connectivity index (χ1v) is 8.41. The van der Waals surface area contributed by atoms with E-state index >= 15 is 0 Å². The lowest BCUT2D eigenvalue weighted by Crippen LogP contribution is -2.41.